The van der Waals surface area contributed by atoms with Crippen LogP contribution in [0.2, 0.25) is 0 Å². The minimum absolute atomic E-state index is 0.876. The maximum atomic E-state index is 5.16. The van der Waals surface area contributed by atoms with Gasteiger partial charge in [-0.05, 0) is 83.6 Å². The Labute approximate surface area is 401 Å². The molecule has 0 radical (unpaired) electrons. The van der Waals surface area contributed by atoms with Crippen molar-refractivity contribution >= 4 is 213 Å². The van der Waals surface area contributed by atoms with Crippen LogP contribution in [0.15, 0.2) is 132 Å². The fourth-order valence-corrected chi connectivity index (χ4v) is 21.8. The van der Waals surface area contributed by atoms with E-state index in [1.54, 1.807) is 0 Å². The summed E-state index contributed by atoms with van der Waals surface area (Å²) in [4.78, 5) is 15.8. The number of benzene rings is 2. The summed E-state index contributed by atoms with van der Waals surface area (Å²) in [6.45, 7) is 0. The standard InChI is InChI=1S/C50H22N4S10/c1-3-7-29-23(5-1)25-13-27(51-21-31(25)53(29)45-19-43-49(63-45)47-41(59-43)17-39(61-47)37-15-35-33(57-37)9-11-55-35)28-14-26-24-6-2-4-8-30(24)54(32(26)22-52-28)46-20-44-50(64-46)48-42(60-44)18-40(62-48)38-16-36-34(58-38)10-12-56-36/h1-22H. The molecule has 0 aliphatic rings. The van der Waals surface area contributed by atoms with Crippen LogP contribution in [-0.2, 0) is 0 Å². The van der Waals surface area contributed by atoms with E-state index in [4.69, 9.17) is 9.97 Å². The van der Waals surface area contributed by atoms with Crippen molar-refractivity contribution in [2.75, 3.05) is 0 Å². The molecular formula is C50H22N4S10. The number of hydrogen-bond acceptors (Lipinski definition) is 12. The van der Waals surface area contributed by atoms with Crippen molar-refractivity contribution in [3.05, 3.63) is 132 Å². The lowest BCUT2D eigenvalue weighted by molar-refractivity contribution is 1.19. The minimum Gasteiger partial charge on any atom is -0.299 e. The van der Waals surface area contributed by atoms with Crippen LogP contribution in [0.25, 0.3) is 141 Å². The van der Waals surface area contributed by atoms with Crippen molar-refractivity contribution in [3.8, 4) is 40.9 Å². The maximum absolute atomic E-state index is 5.16. The van der Waals surface area contributed by atoms with Gasteiger partial charge in [0.25, 0.3) is 0 Å². The largest absolute Gasteiger partial charge is 0.299 e. The molecule has 0 saturated heterocycles. The van der Waals surface area contributed by atoms with Crippen LogP contribution in [0.1, 0.15) is 0 Å². The molecule has 14 heterocycles. The molecule has 0 N–H and O–H groups in total. The molecule has 16 aromatic rings. The Balaban J connectivity index is 0.795. The summed E-state index contributed by atoms with van der Waals surface area (Å²) in [6, 6.07) is 40.8. The van der Waals surface area contributed by atoms with Gasteiger partial charge >= 0.3 is 0 Å². The van der Waals surface area contributed by atoms with Crippen LogP contribution in [0.4, 0.5) is 0 Å². The summed E-state index contributed by atoms with van der Waals surface area (Å²) < 4.78 is 21.3. The number of hydrogen-bond donors (Lipinski definition) is 0. The first-order valence-electron chi connectivity index (χ1n) is 20.3. The van der Waals surface area contributed by atoms with Crippen molar-refractivity contribution < 1.29 is 0 Å². The van der Waals surface area contributed by atoms with E-state index < -0.39 is 0 Å². The SMILES string of the molecule is c1ccc2c(c1)c1cc(-c3cc4c5ccccc5n(-c5cc6sc7cc(-c8cc9sccc9s8)sc7c6s5)c4cn3)ncc1n2-c1cc2sc3cc(-c4cc5sccc5s4)sc3c2s1. The lowest BCUT2D eigenvalue weighted by atomic mass is 10.1. The molecule has 0 spiro atoms. The summed E-state index contributed by atoms with van der Waals surface area (Å²) in [5.41, 5.74) is 6.35. The third-order valence-electron chi connectivity index (χ3n) is 12.2. The minimum atomic E-state index is 0.876. The molecule has 0 saturated carbocycles. The van der Waals surface area contributed by atoms with Crippen molar-refractivity contribution in [3.63, 3.8) is 0 Å². The van der Waals surface area contributed by atoms with Gasteiger partial charge in [-0.2, -0.15) is 0 Å². The molecule has 2 aromatic carbocycles. The molecule has 14 heteroatoms. The molecule has 0 fully saturated rings. The Bertz CT molecular complexity index is 4240. The van der Waals surface area contributed by atoms with Crippen molar-refractivity contribution in [2.45, 2.75) is 0 Å². The van der Waals surface area contributed by atoms with Crippen LogP contribution >= 0.6 is 113 Å². The van der Waals surface area contributed by atoms with Gasteiger partial charge in [0, 0.05) is 78.7 Å². The number of aromatic nitrogens is 4. The molecule has 64 heavy (non-hydrogen) atoms. The van der Waals surface area contributed by atoms with Gasteiger partial charge in [0.1, 0.15) is 10.0 Å². The highest BCUT2D eigenvalue weighted by atomic mass is 32.1. The Morgan fingerprint density at radius 3 is 1.23 bits per heavy atom. The second-order valence-electron chi connectivity index (χ2n) is 15.8. The molecule has 0 unspecified atom stereocenters. The highest BCUT2D eigenvalue weighted by molar-refractivity contribution is 7.42. The summed E-state index contributed by atoms with van der Waals surface area (Å²) in [5, 5.41) is 11.6. The molecule has 14 aromatic heterocycles. The molecule has 0 aliphatic carbocycles. The molecule has 0 amide bonds. The average molecular weight is 999 g/mol. The van der Waals surface area contributed by atoms with Gasteiger partial charge in [0.15, 0.2) is 0 Å². The topological polar surface area (TPSA) is 35.6 Å². The highest BCUT2D eigenvalue weighted by Gasteiger charge is 2.23. The number of rotatable bonds is 5. The third kappa shape index (κ3) is 5.09. The molecule has 0 atom stereocenters. The molecule has 302 valence electrons. The van der Waals surface area contributed by atoms with E-state index in [-0.39, 0.29) is 0 Å². The van der Waals surface area contributed by atoms with Gasteiger partial charge in [0.2, 0.25) is 0 Å². The lowest BCUT2D eigenvalue weighted by Gasteiger charge is -2.06. The number of nitrogens with zero attached hydrogens (tertiary/aromatic N) is 4. The van der Waals surface area contributed by atoms with E-state index in [1.165, 1.54) is 118 Å². The van der Waals surface area contributed by atoms with Gasteiger partial charge in [-0.25, -0.2) is 0 Å². The van der Waals surface area contributed by atoms with Crippen LogP contribution in [0.3, 0.4) is 0 Å². The van der Waals surface area contributed by atoms with Crippen LogP contribution < -0.4 is 0 Å². The molecule has 0 aliphatic heterocycles. The van der Waals surface area contributed by atoms with E-state index >= 15 is 0 Å². The Kier molecular flexibility index (Phi) is 7.49. The summed E-state index contributed by atoms with van der Waals surface area (Å²) in [5.74, 6) is 0. The summed E-state index contributed by atoms with van der Waals surface area (Å²) >= 11 is 18.9. The van der Waals surface area contributed by atoms with E-state index in [9.17, 15) is 0 Å². The molecule has 0 bridgehead atoms. The molecule has 16 rings (SSSR count). The Morgan fingerprint density at radius 1 is 0.328 bits per heavy atom. The number of pyridine rings is 2. The second-order valence-corrected chi connectivity index (χ2v) is 26.2. The van der Waals surface area contributed by atoms with E-state index in [2.05, 4.69) is 141 Å². The molecular weight excluding hydrogens is 977 g/mol. The van der Waals surface area contributed by atoms with Gasteiger partial charge < -0.3 is 0 Å². The van der Waals surface area contributed by atoms with Gasteiger partial charge in [0.05, 0.1) is 64.6 Å². The Morgan fingerprint density at radius 2 is 0.750 bits per heavy atom. The van der Waals surface area contributed by atoms with Crippen molar-refractivity contribution in [1.82, 2.24) is 19.1 Å². The maximum Gasteiger partial charge on any atom is 0.102 e. The van der Waals surface area contributed by atoms with Crippen molar-refractivity contribution in [1.29, 1.82) is 0 Å². The zero-order chi connectivity index (χ0) is 41.4. The predicted molar refractivity (Wildman–Crippen MR) is 291 cm³/mol. The summed E-state index contributed by atoms with van der Waals surface area (Å²) in [7, 11) is 0. The van der Waals surface area contributed by atoms with Gasteiger partial charge in [-0.15, -0.1) is 113 Å². The highest BCUT2D eigenvalue weighted by Crippen LogP contribution is 2.52. The second kappa shape index (κ2) is 13.3. The first-order valence-corrected chi connectivity index (χ1v) is 28.6. The normalized spacial score (nSPS) is 12.7. The smallest absolute Gasteiger partial charge is 0.102 e. The first kappa shape index (κ1) is 36.2. The monoisotopic (exact) mass is 998 g/mol. The predicted octanol–water partition coefficient (Wildman–Crippen LogP) is 19.2. The molecule has 4 nitrogen and oxygen atoms in total. The summed E-state index contributed by atoms with van der Waals surface area (Å²) in [6.07, 6.45) is 4.12. The van der Waals surface area contributed by atoms with Crippen molar-refractivity contribution in [2.24, 2.45) is 0 Å². The van der Waals surface area contributed by atoms with E-state index in [0.29, 0.717) is 0 Å². The number of thiophene rings is 10. The van der Waals surface area contributed by atoms with Crippen LogP contribution in [-0.4, -0.2) is 19.1 Å². The third-order valence-corrected chi connectivity index (χ3v) is 24.3. The fourth-order valence-electron chi connectivity index (χ4n) is 9.37. The van der Waals surface area contributed by atoms with Gasteiger partial charge in [-0.3, -0.25) is 19.1 Å². The van der Waals surface area contributed by atoms with Gasteiger partial charge in [-0.1, -0.05) is 36.4 Å². The van der Waals surface area contributed by atoms with Crippen LogP contribution in [0.5, 0.6) is 0 Å². The Hall–Kier alpha value is -5.10. The average Bonchev–Trinajstić information content (AvgIpc) is 4.13. The quantitative estimate of drug-likeness (QED) is 0.172. The number of fused-ring (bicyclic) bond motifs is 14. The number of para-hydroxylation sites is 2. The lowest BCUT2D eigenvalue weighted by Crippen LogP contribution is -1.93. The van der Waals surface area contributed by atoms with E-state index in [1.807, 2.05) is 113 Å². The first-order chi connectivity index (χ1) is 31.6. The van der Waals surface area contributed by atoms with Crippen LogP contribution in [0, 0.1) is 0 Å². The van der Waals surface area contributed by atoms with E-state index in [0.717, 1.165) is 22.4 Å². The fraction of sp³-hybridized carbons (Fsp3) is 0. The zero-order valence-corrected chi connectivity index (χ0v) is 40.7. The zero-order valence-electron chi connectivity index (χ0n) is 32.6.